The van der Waals surface area contributed by atoms with Gasteiger partial charge in [0.1, 0.15) is 5.75 Å². The first-order valence-electron chi connectivity index (χ1n) is 5.96. The minimum Gasteiger partial charge on any atom is -0.482 e. The molecule has 0 aromatic heterocycles. The molecule has 0 heterocycles. The van der Waals surface area contributed by atoms with E-state index in [9.17, 15) is 9.59 Å². The van der Waals surface area contributed by atoms with Crippen molar-refractivity contribution in [1.29, 1.82) is 0 Å². The molecule has 2 aromatic carbocycles. The second-order valence-corrected chi connectivity index (χ2v) is 4.08. The molecular weight excluding hydrogens is 260 g/mol. The zero-order chi connectivity index (χ0) is 14.5. The number of carbonyl (C=O) groups excluding carboxylic acids is 2. The van der Waals surface area contributed by atoms with Crippen LogP contribution < -0.4 is 4.74 Å². The van der Waals surface area contributed by atoms with E-state index in [4.69, 9.17) is 4.74 Å². The fourth-order valence-electron chi connectivity index (χ4n) is 1.76. The fourth-order valence-corrected chi connectivity index (χ4v) is 1.76. The normalized spacial score (nSPS) is 10.1. The van der Waals surface area contributed by atoms with Crippen LogP contribution >= 0.6 is 0 Å². The van der Waals surface area contributed by atoms with Crippen molar-refractivity contribution in [3.05, 3.63) is 42.0 Å². The molecule has 2 rings (SSSR count). The van der Waals surface area contributed by atoms with Crippen LogP contribution in [0.3, 0.4) is 0 Å². The summed E-state index contributed by atoms with van der Waals surface area (Å²) >= 11 is 0. The van der Waals surface area contributed by atoms with Gasteiger partial charge in [-0.2, -0.15) is 0 Å². The van der Waals surface area contributed by atoms with Gasteiger partial charge in [0.25, 0.3) is 0 Å². The topological polar surface area (TPSA) is 61.8 Å². The molecule has 0 aliphatic rings. The summed E-state index contributed by atoms with van der Waals surface area (Å²) in [7, 11) is 2.65. The molecule has 20 heavy (non-hydrogen) atoms. The summed E-state index contributed by atoms with van der Waals surface area (Å²) in [6.07, 6.45) is 0. The van der Waals surface area contributed by atoms with E-state index in [1.54, 1.807) is 30.3 Å². The number of carbonyl (C=O) groups is 2. The highest BCUT2D eigenvalue weighted by molar-refractivity contribution is 5.95. The summed E-state index contributed by atoms with van der Waals surface area (Å²) in [5.74, 6) is -0.252. The van der Waals surface area contributed by atoms with Gasteiger partial charge in [-0.15, -0.1) is 0 Å². The zero-order valence-electron chi connectivity index (χ0n) is 11.2. The van der Waals surface area contributed by atoms with Crippen LogP contribution in [0.1, 0.15) is 10.4 Å². The Balaban J connectivity index is 2.22. The van der Waals surface area contributed by atoms with Gasteiger partial charge in [0.15, 0.2) is 6.61 Å². The molecule has 0 saturated carbocycles. The number of rotatable bonds is 4. The van der Waals surface area contributed by atoms with E-state index < -0.39 is 5.97 Å². The first kappa shape index (κ1) is 13.9. The van der Waals surface area contributed by atoms with E-state index >= 15 is 0 Å². The van der Waals surface area contributed by atoms with Gasteiger partial charge >= 0.3 is 11.9 Å². The van der Waals surface area contributed by atoms with E-state index in [-0.39, 0.29) is 12.6 Å². The zero-order valence-corrected chi connectivity index (χ0v) is 11.2. The van der Waals surface area contributed by atoms with Gasteiger partial charge in [-0.1, -0.05) is 12.1 Å². The minimum atomic E-state index is -0.439. The van der Waals surface area contributed by atoms with Gasteiger partial charge < -0.3 is 14.2 Å². The summed E-state index contributed by atoms with van der Waals surface area (Å²) < 4.78 is 14.5. The minimum absolute atomic E-state index is 0.137. The van der Waals surface area contributed by atoms with Crippen molar-refractivity contribution >= 4 is 22.7 Å². The predicted molar refractivity (Wildman–Crippen MR) is 72.8 cm³/mol. The number of hydrogen-bond acceptors (Lipinski definition) is 5. The summed E-state index contributed by atoms with van der Waals surface area (Å²) in [6, 6.07) is 10.6. The number of esters is 2. The molecule has 104 valence electrons. The molecule has 0 aliphatic carbocycles. The molecule has 5 heteroatoms. The van der Waals surface area contributed by atoms with E-state index in [0.717, 1.165) is 10.8 Å². The number of methoxy groups -OCH3 is 2. The number of ether oxygens (including phenoxy) is 3. The Morgan fingerprint density at radius 3 is 2.35 bits per heavy atom. The Bertz CT molecular complexity index is 648. The summed E-state index contributed by atoms with van der Waals surface area (Å²) in [5, 5.41) is 1.79. The quantitative estimate of drug-likeness (QED) is 0.800. The van der Waals surface area contributed by atoms with Crippen molar-refractivity contribution in [2.24, 2.45) is 0 Å². The van der Waals surface area contributed by atoms with Crippen molar-refractivity contribution in [2.45, 2.75) is 0 Å². The second kappa shape index (κ2) is 6.06. The first-order valence-corrected chi connectivity index (χ1v) is 5.96. The molecule has 0 radical (unpaired) electrons. The van der Waals surface area contributed by atoms with Crippen LogP contribution in [0.5, 0.6) is 5.75 Å². The van der Waals surface area contributed by atoms with Crippen LogP contribution in [0.4, 0.5) is 0 Å². The molecule has 0 aliphatic heterocycles. The SMILES string of the molecule is COC(=O)COc1ccc2cc(C(=O)OC)ccc2c1. The molecule has 0 bridgehead atoms. The average molecular weight is 274 g/mol. The molecule has 0 unspecified atom stereocenters. The monoisotopic (exact) mass is 274 g/mol. The van der Waals surface area contributed by atoms with Crippen molar-refractivity contribution in [2.75, 3.05) is 20.8 Å². The van der Waals surface area contributed by atoms with Crippen LogP contribution in [0, 0.1) is 0 Å². The lowest BCUT2D eigenvalue weighted by molar-refractivity contribution is -0.142. The third kappa shape index (κ3) is 3.06. The lowest BCUT2D eigenvalue weighted by Crippen LogP contribution is -2.12. The number of benzene rings is 2. The van der Waals surface area contributed by atoms with Crippen LogP contribution in [0.15, 0.2) is 36.4 Å². The van der Waals surface area contributed by atoms with Crippen LogP contribution in [0.25, 0.3) is 10.8 Å². The molecule has 5 nitrogen and oxygen atoms in total. The maximum atomic E-state index is 11.4. The van der Waals surface area contributed by atoms with Crippen molar-refractivity contribution in [1.82, 2.24) is 0 Å². The Kier molecular flexibility index (Phi) is 4.20. The van der Waals surface area contributed by atoms with Crippen LogP contribution in [-0.2, 0) is 14.3 Å². The first-order chi connectivity index (χ1) is 9.63. The van der Waals surface area contributed by atoms with E-state index in [1.165, 1.54) is 14.2 Å². The second-order valence-electron chi connectivity index (χ2n) is 4.08. The smallest absolute Gasteiger partial charge is 0.343 e. The Morgan fingerprint density at radius 2 is 1.65 bits per heavy atom. The fraction of sp³-hybridized carbons (Fsp3) is 0.200. The maximum Gasteiger partial charge on any atom is 0.343 e. The molecular formula is C15H14O5. The molecule has 0 atom stereocenters. The molecule has 0 fully saturated rings. The standard InChI is InChI=1S/C15H14O5/c1-18-14(16)9-20-13-6-5-10-7-12(15(17)19-2)4-3-11(10)8-13/h3-8H,9H2,1-2H3. The van der Waals surface area contributed by atoms with Crippen molar-refractivity contribution in [3.8, 4) is 5.75 Å². The number of fused-ring (bicyclic) bond motifs is 1. The van der Waals surface area contributed by atoms with Crippen LogP contribution in [-0.4, -0.2) is 32.8 Å². The molecule has 0 amide bonds. The van der Waals surface area contributed by atoms with Gasteiger partial charge in [0.2, 0.25) is 0 Å². The van der Waals surface area contributed by atoms with Gasteiger partial charge in [0.05, 0.1) is 19.8 Å². The Morgan fingerprint density at radius 1 is 0.950 bits per heavy atom. The largest absolute Gasteiger partial charge is 0.482 e. The molecule has 0 spiro atoms. The Hall–Kier alpha value is -2.56. The number of hydrogen-bond donors (Lipinski definition) is 0. The highest BCUT2D eigenvalue weighted by Crippen LogP contribution is 2.22. The maximum absolute atomic E-state index is 11.4. The van der Waals surface area contributed by atoms with Crippen molar-refractivity contribution < 1.29 is 23.8 Å². The van der Waals surface area contributed by atoms with E-state index in [0.29, 0.717) is 11.3 Å². The van der Waals surface area contributed by atoms with Gasteiger partial charge in [-0.05, 0) is 35.0 Å². The van der Waals surface area contributed by atoms with E-state index in [1.807, 2.05) is 6.07 Å². The van der Waals surface area contributed by atoms with Gasteiger partial charge in [-0.25, -0.2) is 9.59 Å². The summed E-state index contributed by atoms with van der Waals surface area (Å²) in [4.78, 5) is 22.4. The summed E-state index contributed by atoms with van der Waals surface area (Å²) in [5.41, 5.74) is 0.489. The Labute approximate surface area is 116 Å². The molecule has 0 saturated heterocycles. The molecule has 0 N–H and O–H groups in total. The van der Waals surface area contributed by atoms with Gasteiger partial charge in [-0.3, -0.25) is 0 Å². The lowest BCUT2D eigenvalue weighted by atomic mass is 10.1. The highest BCUT2D eigenvalue weighted by atomic mass is 16.6. The van der Waals surface area contributed by atoms with Crippen LogP contribution in [0.2, 0.25) is 0 Å². The molecule has 2 aromatic rings. The predicted octanol–water partition coefficient (Wildman–Crippen LogP) is 2.18. The summed E-state index contributed by atoms with van der Waals surface area (Å²) in [6.45, 7) is -0.137. The van der Waals surface area contributed by atoms with Crippen molar-refractivity contribution in [3.63, 3.8) is 0 Å². The van der Waals surface area contributed by atoms with Gasteiger partial charge in [0, 0.05) is 0 Å². The average Bonchev–Trinajstić information content (AvgIpc) is 2.50. The lowest BCUT2D eigenvalue weighted by Gasteiger charge is -2.07. The highest BCUT2D eigenvalue weighted by Gasteiger charge is 2.07. The third-order valence-corrected chi connectivity index (χ3v) is 2.82. The van der Waals surface area contributed by atoms with E-state index in [2.05, 4.69) is 9.47 Å². The third-order valence-electron chi connectivity index (χ3n) is 2.82.